The van der Waals surface area contributed by atoms with Crippen molar-refractivity contribution in [1.29, 1.82) is 0 Å². The second-order valence-electron chi connectivity index (χ2n) is 5.49. The molecule has 0 bridgehead atoms. The van der Waals surface area contributed by atoms with Gasteiger partial charge in [-0.3, -0.25) is 0 Å². The van der Waals surface area contributed by atoms with Crippen LogP contribution in [0.1, 0.15) is 25.0 Å². The molecule has 1 aromatic carbocycles. The minimum atomic E-state index is -0.385. The van der Waals surface area contributed by atoms with Gasteiger partial charge in [-0.1, -0.05) is 17.7 Å². The number of urea groups is 1. The number of rotatable bonds is 5. The van der Waals surface area contributed by atoms with Crippen LogP contribution in [0.4, 0.5) is 4.79 Å². The molecule has 1 heterocycles. The van der Waals surface area contributed by atoms with Crippen LogP contribution in [0.25, 0.3) is 0 Å². The maximum atomic E-state index is 12.2. The summed E-state index contributed by atoms with van der Waals surface area (Å²) in [6.45, 7) is 7.96. The molecule has 0 spiro atoms. The third-order valence-corrected chi connectivity index (χ3v) is 4.77. The Labute approximate surface area is 140 Å². The van der Waals surface area contributed by atoms with Crippen molar-refractivity contribution in [3.8, 4) is 0 Å². The Balaban J connectivity index is 2.23. The number of benzene rings is 1. The van der Waals surface area contributed by atoms with Crippen molar-refractivity contribution in [3.05, 3.63) is 40.6 Å². The summed E-state index contributed by atoms with van der Waals surface area (Å²) in [5, 5.41) is 5.44. The van der Waals surface area contributed by atoms with E-state index in [0.29, 0.717) is 23.6 Å². The van der Waals surface area contributed by atoms with E-state index in [1.54, 1.807) is 25.6 Å². The van der Waals surface area contributed by atoms with Gasteiger partial charge >= 0.3 is 12.0 Å². The number of esters is 1. The Bertz CT molecular complexity index is 655. The van der Waals surface area contributed by atoms with Crippen LogP contribution in [-0.4, -0.2) is 30.4 Å². The maximum absolute atomic E-state index is 12.2. The van der Waals surface area contributed by atoms with Gasteiger partial charge in [0.25, 0.3) is 0 Å². The lowest BCUT2D eigenvalue weighted by Gasteiger charge is -2.26. The van der Waals surface area contributed by atoms with Gasteiger partial charge in [0, 0.05) is 16.3 Å². The zero-order valence-corrected chi connectivity index (χ0v) is 14.7. The van der Waals surface area contributed by atoms with Gasteiger partial charge in [0.1, 0.15) is 0 Å². The average Bonchev–Trinajstić information content (AvgIpc) is 2.45. The quantitative estimate of drug-likeness (QED) is 0.642. The molecule has 0 unspecified atom stereocenters. The molecular weight excluding hydrogens is 312 g/mol. The van der Waals surface area contributed by atoms with E-state index in [-0.39, 0.29) is 18.0 Å². The first-order valence-electron chi connectivity index (χ1n) is 7.60. The van der Waals surface area contributed by atoms with Crippen molar-refractivity contribution in [2.75, 3.05) is 12.4 Å². The molecule has 0 saturated heterocycles. The predicted molar refractivity (Wildman–Crippen MR) is 91.4 cm³/mol. The minimum absolute atomic E-state index is 0.290. The van der Waals surface area contributed by atoms with Crippen molar-refractivity contribution in [2.24, 2.45) is 0 Å². The number of hydrogen-bond acceptors (Lipinski definition) is 4. The van der Waals surface area contributed by atoms with E-state index in [9.17, 15) is 9.59 Å². The number of thioether (sulfide) groups is 1. The molecule has 1 aliphatic rings. The molecule has 5 nitrogen and oxygen atoms in total. The van der Waals surface area contributed by atoms with Crippen LogP contribution in [0, 0.1) is 13.8 Å². The van der Waals surface area contributed by atoms with Crippen LogP contribution in [0.5, 0.6) is 0 Å². The fourth-order valence-electron chi connectivity index (χ4n) is 2.50. The minimum Gasteiger partial charge on any atom is -0.463 e. The second kappa shape index (κ2) is 7.55. The molecule has 0 radical (unpaired) electrons. The lowest BCUT2D eigenvalue weighted by atomic mass is 10.1. The smallest absolute Gasteiger partial charge is 0.337 e. The fraction of sp³-hybridized carbons (Fsp3) is 0.412. The Morgan fingerprint density at radius 2 is 2.09 bits per heavy atom. The molecule has 1 aromatic rings. The van der Waals surface area contributed by atoms with Crippen molar-refractivity contribution in [2.45, 2.75) is 38.6 Å². The molecule has 1 atom stereocenters. The van der Waals surface area contributed by atoms with Crippen molar-refractivity contribution in [3.63, 3.8) is 0 Å². The normalized spacial score (nSPS) is 17.6. The SMILES string of the molecule is CCOC(=O)C1=C(CSc2ccc(C)cc2C)NC(=O)N[C@H]1C. The van der Waals surface area contributed by atoms with E-state index in [2.05, 4.69) is 42.7 Å². The summed E-state index contributed by atoms with van der Waals surface area (Å²) in [4.78, 5) is 25.0. The lowest BCUT2D eigenvalue weighted by Crippen LogP contribution is -2.49. The number of aryl methyl sites for hydroxylation is 2. The van der Waals surface area contributed by atoms with Crippen molar-refractivity contribution >= 4 is 23.8 Å². The molecule has 0 saturated carbocycles. The monoisotopic (exact) mass is 334 g/mol. The molecule has 2 rings (SSSR count). The Kier molecular flexibility index (Phi) is 5.71. The van der Waals surface area contributed by atoms with E-state index in [0.717, 1.165) is 4.90 Å². The molecule has 1 aliphatic heterocycles. The summed E-state index contributed by atoms with van der Waals surface area (Å²) >= 11 is 1.60. The molecule has 2 N–H and O–H groups in total. The first-order chi connectivity index (χ1) is 10.9. The summed E-state index contributed by atoms with van der Waals surface area (Å²) in [6, 6.07) is 5.58. The molecule has 6 heteroatoms. The Morgan fingerprint density at radius 3 is 2.74 bits per heavy atom. The van der Waals surface area contributed by atoms with Crippen LogP contribution in [-0.2, 0) is 9.53 Å². The van der Waals surface area contributed by atoms with E-state index in [4.69, 9.17) is 4.74 Å². The first kappa shape index (κ1) is 17.4. The number of amides is 2. The van der Waals surface area contributed by atoms with Crippen LogP contribution in [0.15, 0.2) is 34.4 Å². The lowest BCUT2D eigenvalue weighted by molar-refractivity contribution is -0.138. The molecule has 0 aliphatic carbocycles. The van der Waals surface area contributed by atoms with E-state index in [1.165, 1.54) is 11.1 Å². The highest BCUT2D eigenvalue weighted by molar-refractivity contribution is 7.99. The van der Waals surface area contributed by atoms with Crippen LogP contribution in [0.3, 0.4) is 0 Å². The van der Waals surface area contributed by atoms with Crippen LogP contribution < -0.4 is 10.6 Å². The second-order valence-corrected chi connectivity index (χ2v) is 6.51. The number of hydrogen-bond donors (Lipinski definition) is 2. The van der Waals surface area contributed by atoms with Crippen LogP contribution in [0.2, 0.25) is 0 Å². The zero-order chi connectivity index (χ0) is 17.0. The molecule has 124 valence electrons. The Hall–Kier alpha value is -1.95. The maximum Gasteiger partial charge on any atom is 0.337 e. The summed E-state index contributed by atoms with van der Waals surface area (Å²) in [7, 11) is 0. The highest BCUT2D eigenvalue weighted by Gasteiger charge is 2.29. The largest absolute Gasteiger partial charge is 0.463 e. The van der Waals surface area contributed by atoms with E-state index >= 15 is 0 Å². The van der Waals surface area contributed by atoms with Gasteiger partial charge in [-0.25, -0.2) is 9.59 Å². The van der Waals surface area contributed by atoms with Gasteiger partial charge in [0.05, 0.1) is 18.2 Å². The van der Waals surface area contributed by atoms with Crippen molar-refractivity contribution < 1.29 is 14.3 Å². The molecule has 0 aromatic heterocycles. The zero-order valence-electron chi connectivity index (χ0n) is 13.9. The standard InChI is InChI=1S/C17H22N2O3S/c1-5-22-16(20)15-12(4)18-17(21)19-13(15)9-23-14-7-6-10(2)8-11(14)3/h6-8,12H,5,9H2,1-4H3,(H2,18,19,21)/t12-/m0/s1. The number of ether oxygens (including phenoxy) is 1. The third-order valence-electron chi connectivity index (χ3n) is 3.57. The number of carbonyl (C=O) groups excluding carboxylic acids is 2. The fourth-order valence-corrected chi connectivity index (χ4v) is 3.48. The van der Waals surface area contributed by atoms with Gasteiger partial charge in [0.15, 0.2) is 0 Å². The predicted octanol–water partition coefficient (Wildman–Crippen LogP) is 2.91. The summed E-state index contributed by atoms with van der Waals surface area (Å²) in [6.07, 6.45) is 0. The topological polar surface area (TPSA) is 67.4 Å². The van der Waals surface area contributed by atoms with E-state index in [1.807, 2.05) is 0 Å². The highest BCUT2D eigenvalue weighted by Crippen LogP contribution is 2.27. The van der Waals surface area contributed by atoms with Gasteiger partial charge in [-0.2, -0.15) is 0 Å². The molecular formula is C17H22N2O3S. The third kappa shape index (κ3) is 4.28. The van der Waals surface area contributed by atoms with Gasteiger partial charge in [-0.05, 0) is 39.3 Å². The number of carbonyl (C=O) groups is 2. The van der Waals surface area contributed by atoms with Crippen molar-refractivity contribution in [1.82, 2.24) is 10.6 Å². The first-order valence-corrected chi connectivity index (χ1v) is 8.58. The summed E-state index contributed by atoms with van der Waals surface area (Å²) in [5.74, 6) is 0.124. The van der Waals surface area contributed by atoms with Gasteiger partial charge < -0.3 is 15.4 Å². The number of nitrogens with one attached hydrogen (secondary N) is 2. The van der Waals surface area contributed by atoms with Gasteiger partial charge in [0.2, 0.25) is 0 Å². The summed E-state index contributed by atoms with van der Waals surface area (Å²) < 4.78 is 5.11. The molecule has 2 amide bonds. The molecule has 0 fully saturated rings. The van der Waals surface area contributed by atoms with Gasteiger partial charge in [-0.15, -0.1) is 11.8 Å². The van der Waals surface area contributed by atoms with Crippen LogP contribution >= 0.6 is 11.8 Å². The van der Waals surface area contributed by atoms with E-state index < -0.39 is 0 Å². The summed E-state index contributed by atoms with van der Waals surface area (Å²) in [5.41, 5.74) is 3.50. The average molecular weight is 334 g/mol. The Morgan fingerprint density at radius 1 is 1.35 bits per heavy atom. The molecule has 23 heavy (non-hydrogen) atoms. The highest BCUT2D eigenvalue weighted by atomic mass is 32.2.